The predicted octanol–water partition coefficient (Wildman–Crippen LogP) is 0.688. The van der Waals surface area contributed by atoms with Crippen LogP contribution < -0.4 is 15.4 Å². The lowest BCUT2D eigenvalue weighted by atomic mass is 9.98. The van der Waals surface area contributed by atoms with Gasteiger partial charge in [0.25, 0.3) is 5.91 Å². The first-order chi connectivity index (χ1) is 9.10. The molecule has 0 aliphatic carbocycles. The molecular formula is C13H14F2N2O2. The number of fused-ring (bicyclic) bond motifs is 1. The zero-order valence-electron chi connectivity index (χ0n) is 10.3. The molecule has 102 valence electrons. The summed E-state index contributed by atoms with van der Waals surface area (Å²) in [7, 11) is 0. The number of amides is 1. The summed E-state index contributed by atoms with van der Waals surface area (Å²) in [6.45, 7) is 0.522. The Labute approximate surface area is 109 Å². The average molecular weight is 268 g/mol. The van der Waals surface area contributed by atoms with Crippen molar-refractivity contribution >= 4 is 5.91 Å². The molecule has 2 aliphatic heterocycles. The van der Waals surface area contributed by atoms with E-state index in [1.54, 1.807) is 6.07 Å². The van der Waals surface area contributed by atoms with Crippen molar-refractivity contribution < 1.29 is 18.3 Å². The van der Waals surface area contributed by atoms with E-state index in [9.17, 15) is 13.6 Å². The molecule has 0 radical (unpaired) electrons. The molecule has 0 bridgehead atoms. The Balaban J connectivity index is 1.74. The largest absolute Gasteiger partial charge is 0.493 e. The van der Waals surface area contributed by atoms with Crippen LogP contribution in [0.4, 0.5) is 8.78 Å². The molecule has 4 nitrogen and oxygen atoms in total. The van der Waals surface area contributed by atoms with E-state index in [4.69, 9.17) is 4.74 Å². The van der Waals surface area contributed by atoms with Crippen LogP contribution in [0.2, 0.25) is 0 Å². The summed E-state index contributed by atoms with van der Waals surface area (Å²) in [5.74, 6) is -0.447. The Morgan fingerprint density at radius 2 is 2.26 bits per heavy atom. The van der Waals surface area contributed by atoms with Gasteiger partial charge in [0, 0.05) is 37.2 Å². The first-order valence-corrected chi connectivity index (χ1v) is 6.21. The Morgan fingerprint density at radius 3 is 2.95 bits per heavy atom. The third-order valence-corrected chi connectivity index (χ3v) is 3.58. The minimum absolute atomic E-state index is 0.0110. The van der Waals surface area contributed by atoms with E-state index in [-0.39, 0.29) is 19.6 Å². The van der Waals surface area contributed by atoms with Crippen molar-refractivity contribution in [2.45, 2.75) is 18.6 Å². The molecule has 1 aromatic carbocycles. The molecule has 1 amide bonds. The smallest absolute Gasteiger partial charge is 0.260 e. The molecule has 1 fully saturated rings. The molecule has 2 aliphatic rings. The van der Waals surface area contributed by atoms with Crippen molar-refractivity contribution in [2.75, 3.05) is 19.7 Å². The van der Waals surface area contributed by atoms with Crippen LogP contribution in [0, 0.1) is 5.82 Å². The summed E-state index contributed by atoms with van der Waals surface area (Å²) in [6.07, 6.45) is 0.612. The molecule has 0 atom stereocenters. The van der Waals surface area contributed by atoms with Gasteiger partial charge in [0.1, 0.15) is 11.6 Å². The lowest BCUT2D eigenvalue weighted by Crippen LogP contribution is -2.64. The molecule has 1 saturated heterocycles. The lowest BCUT2D eigenvalue weighted by Gasteiger charge is -2.33. The quantitative estimate of drug-likeness (QED) is 0.848. The number of carbonyl (C=O) groups excluding carboxylic acids is 1. The van der Waals surface area contributed by atoms with Gasteiger partial charge in [0.05, 0.1) is 6.61 Å². The highest BCUT2D eigenvalue weighted by atomic mass is 19.1. The van der Waals surface area contributed by atoms with Gasteiger partial charge in [-0.25, -0.2) is 8.78 Å². The van der Waals surface area contributed by atoms with Gasteiger partial charge < -0.3 is 15.4 Å². The summed E-state index contributed by atoms with van der Waals surface area (Å²) in [5, 5.41) is 5.17. The number of hydrogen-bond donors (Lipinski definition) is 2. The van der Waals surface area contributed by atoms with E-state index in [0.29, 0.717) is 24.3 Å². The first kappa shape index (κ1) is 12.3. The van der Waals surface area contributed by atoms with Gasteiger partial charge in [-0.05, 0) is 12.1 Å². The van der Waals surface area contributed by atoms with Crippen molar-refractivity contribution in [3.63, 3.8) is 0 Å². The molecule has 2 N–H and O–H groups in total. The van der Waals surface area contributed by atoms with Crippen LogP contribution in [0.1, 0.15) is 11.1 Å². The summed E-state index contributed by atoms with van der Waals surface area (Å²) in [5.41, 5.74) is -0.704. The van der Waals surface area contributed by atoms with Crippen LogP contribution in [-0.2, 0) is 17.8 Å². The van der Waals surface area contributed by atoms with Crippen molar-refractivity contribution in [3.8, 4) is 5.75 Å². The fourth-order valence-corrected chi connectivity index (χ4v) is 2.34. The van der Waals surface area contributed by atoms with E-state index in [0.717, 1.165) is 5.56 Å². The van der Waals surface area contributed by atoms with Crippen LogP contribution in [-0.4, -0.2) is 31.3 Å². The van der Waals surface area contributed by atoms with E-state index in [2.05, 4.69) is 10.6 Å². The molecule has 3 rings (SSSR count). The molecule has 19 heavy (non-hydrogen) atoms. The van der Waals surface area contributed by atoms with Crippen molar-refractivity contribution in [1.29, 1.82) is 0 Å². The maximum atomic E-state index is 13.8. The highest BCUT2D eigenvalue weighted by Gasteiger charge is 2.44. The standard InChI is InChI=1S/C13H14F2N2O2/c14-10-1-2-11-8(3-4-19-11)9(10)5-17-12(18)13(15)6-16-7-13/h1-2,16H,3-7H2,(H,17,18). The van der Waals surface area contributed by atoms with Crippen LogP contribution in [0.15, 0.2) is 12.1 Å². The minimum Gasteiger partial charge on any atom is -0.493 e. The highest BCUT2D eigenvalue weighted by Crippen LogP contribution is 2.30. The minimum atomic E-state index is -1.86. The number of hydrogen-bond acceptors (Lipinski definition) is 3. The van der Waals surface area contributed by atoms with Gasteiger partial charge >= 0.3 is 0 Å². The first-order valence-electron chi connectivity index (χ1n) is 6.21. The normalized spacial score (nSPS) is 19.3. The number of halogens is 2. The Bertz CT molecular complexity index is 530. The van der Waals surface area contributed by atoms with E-state index < -0.39 is 17.4 Å². The maximum absolute atomic E-state index is 13.8. The highest BCUT2D eigenvalue weighted by molar-refractivity contribution is 5.86. The number of benzene rings is 1. The zero-order chi connectivity index (χ0) is 13.5. The van der Waals surface area contributed by atoms with Gasteiger partial charge in [-0.1, -0.05) is 0 Å². The van der Waals surface area contributed by atoms with Crippen molar-refractivity contribution in [3.05, 3.63) is 29.1 Å². The molecule has 6 heteroatoms. The molecule has 0 spiro atoms. The zero-order valence-corrected chi connectivity index (χ0v) is 10.3. The van der Waals surface area contributed by atoms with Crippen molar-refractivity contribution in [1.82, 2.24) is 10.6 Å². The number of rotatable bonds is 3. The third-order valence-electron chi connectivity index (χ3n) is 3.58. The van der Waals surface area contributed by atoms with Gasteiger partial charge in [-0.3, -0.25) is 4.79 Å². The van der Waals surface area contributed by atoms with Crippen molar-refractivity contribution in [2.24, 2.45) is 0 Å². The number of nitrogens with one attached hydrogen (secondary N) is 2. The Morgan fingerprint density at radius 1 is 1.47 bits per heavy atom. The summed E-state index contributed by atoms with van der Waals surface area (Å²) >= 11 is 0. The molecule has 0 unspecified atom stereocenters. The van der Waals surface area contributed by atoms with E-state index in [1.807, 2.05) is 0 Å². The lowest BCUT2D eigenvalue weighted by molar-refractivity contribution is -0.136. The topological polar surface area (TPSA) is 50.4 Å². The Kier molecular flexibility index (Phi) is 2.89. The molecule has 0 aromatic heterocycles. The van der Waals surface area contributed by atoms with E-state index in [1.165, 1.54) is 6.07 Å². The monoisotopic (exact) mass is 268 g/mol. The third kappa shape index (κ3) is 2.06. The summed E-state index contributed by atoms with van der Waals surface area (Å²) in [4.78, 5) is 11.7. The van der Waals surface area contributed by atoms with Gasteiger partial charge in [-0.2, -0.15) is 0 Å². The SMILES string of the molecule is O=C(NCc1c(F)ccc2c1CCO2)C1(F)CNC1. The van der Waals surface area contributed by atoms with Crippen LogP contribution >= 0.6 is 0 Å². The molecule has 0 saturated carbocycles. The average Bonchev–Trinajstić information content (AvgIpc) is 2.82. The molecule has 2 heterocycles. The summed E-state index contributed by atoms with van der Waals surface area (Å²) in [6, 6.07) is 2.89. The van der Waals surface area contributed by atoms with Crippen LogP contribution in [0.25, 0.3) is 0 Å². The molecular weight excluding hydrogens is 254 g/mol. The predicted molar refractivity (Wildman–Crippen MR) is 64.2 cm³/mol. The van der Waals surface area contributed by atoms with Gasteiger partial charge in [0.15, 0.2) is 0 Å². The Hall–Kier alpha value is -1.69. The molecule has 1 aromatic rings. The maximum Gasteiger partial charge on any atom is 0.260 e. The van der Waals surface area contributed by atoms with Gasteiger partial charge in [0.2, 0.25) is 5.67 Å². The fraction of sp³-hybridized carbons (Fsp3) is 0.462. The second kappa shape index (κ2) is 4.45. The number of ether oxygens (including phenoxy) is 1. The van der Waals surface area contributed by atoms with Crippen LogP contribution in [0.3, 0.4) is 0 Å². The fourth-order valence-electron chi connectivity index (χ4n) is 2.34. The van der Waals surface area contributed by atoms with Crippen LogP contribution in [0.5, 0.6) is 5.75 Å². The second-order valence-electron chi connectivity index (χ2n) is 4.85. The number of alkyl halides is 1. The van der Waals surface area contributed by atoms with E-state index >= 15 is 0 Å². The number of carbonyl (C=O) groups is 1. The summed E-state index contributed by atoms with van der Waals surface area (Å²) < 4.78 is 32.9. The van der Waals surface area contributed by atoms with Gasteiger partial charge in [-0.15, -0.1) is 0 Å². The second-order valence-corrected chi connectivity index (χ2v) is 4.85.